The van der Waals surface area contributed by atoms with E-state index in [1.807, 2.05) is 0 Å². The Kier molecular flexibility index (Phi) is 4.72. The first kappa shape index (κ1) is 15.2. The van der Waals surface area contributed by atoms with Crippen LogP contribution < -0.4 is 20.7 Å². The molecular formula is C15H16F2N2O2. The molecule has 0 saturated carbocycles. The fraction of sp³-hybridized carbons (Fsp3) is 0.200. The molecule has 0 radical (unpaired) electrons. The van der Waals surface area contributed by atoms with Gasteiger partial charge in [-0.1, -0.05) is 6.07 Å². The highest BCUT2D eigenvalue weighted by Gasteiger charge is 2.24. The van der Waals surface area contributed by atoms with Crippen LogP contribution in [0.5, 0.6) is 11.5 Å². The number of nitrogens with two attached hydrogens (primary N) is 1. The van der Waals surface area contributed by atoms with Gasteiger partial charge in [0.05, 0.1) is 25.8 Å². The molecule has 2 aromatic rings. The van der Waals surface area contributed by atoms with Gasteiger partial charge in [-0.2, -0.15) is 0 Å². The predicted octanol–water partition coefficient (Wildman–Crippen LogP) is 2.53. The first-order chi connectivity index (χ1) is 10.1. The Hall–Kier alpha value is -2.18. The van der Waals surface area contributed by atoms with Crippen molar-refractivity contribution in [2.75, 3.05) is 14.2 Å². The number of rotatable bonds is 5. The van der Waals surface area contributed by atoms with Gasteiger partial charge in [-0.25, -0.2) is 14.2 Å². The first-order valence-corrected chi connectivity index (χ1v) is 6.24. The summed E-state index contributed by atoms with van der Waals surface area (Å²) in [5.74, 6) is 5.34. The monoisotopic (exact) mass is 294 g/mol. The minimum Gasteiger partial charge on any atom is -0.496 e. The second-order valence-corrected chi connectivity index (χ2v) is 4.34. The van der Waals surface area contributed by atoms with Gasteiger partial charge in [0.15, 0.2) is 0 Å². The lowest BCUT2D eigenvalue weighted by Crippen LogP contribution is -2.30. The number of ether oxygens (including phenoxy) is 2. The third-order valence-corrected chi connectivity index (χ3v) is 3.19. The van der Waals surface area contributed by atoms with Gasteiger partial charge in [0, 0.05) is 5.56 Å². The van der Waals surface area contributed by atoms with Crippen molar-refractivity contribution in [3.8, 4) is 11.5 Å². The van der Waals surface area contributed by atoms with E-state index in [1.54, 1.807) is 18.2 Å². The van der Waals surface area contributed by atoms with Gasteiger partial charge in [-0.15, -0.1) is 0 Å². The molecule has 0 amide bonds. The maximum absolute atomic E-state index is 14.0. The van der Waals surface area contributed by atoms with Crippen LogP contribution in [0.2, 0.25) is 0 Å². The zero-order valence-corrected chi connectivity index (χ0v) is 11.7. The average molecular weight is 294 g/mol. The van der Waals surface area contributed by atoms with E-state index in [2.05, 4.69) is 5.43 Å². The summed E-state index contributed by atoms with van der Waals surface area (Å²) in [6.07, 6.45) is 0. The summed E-state index contributed by atoms with van der Waals surface area (Å²) in [4.78, 5) is 0. The molecule has 0 fully saturated rings. The van der Waals surface area contributed by atoms with Crippen LogP contribution >= 0.6 is 0 Å². The van der Waals surface area contributed by atoms with Crippen molar-refractivity contribution in [2.45, 2.75) is 6.04 Å². The number of hydrogen-bond acceptors (Lipinski definition) is 4. The Balaban J connectivity index is 2.63. The van der Waals surface area contributed by atoms with Crippen LogP contribution in [0, 0.1) is 11.6 Å². The number of benzene rings is 2. The van der Waals surface area contributed by atoms with Gasteiger partial charge in [-0.05, 0) is 30.3 Å². The van der Waals surface area contributed by atoms with E-state index in [4.69, 9.17) is 15.3 Å². The van der Waals surface area contributed by atoms with Crippen molar-refractivity contribution in [1.29, 1.82) is 0 Å². The Labute approximate surface area is 121 Å². The van der Waals surface area contributed by atoms with E-state index in [1.165, 1.54) is 14.2 Å². The topological polar surface area (TPSA) is 56.5 Å². The van der Waals surface area contributed by atoms with Crippen LogP contribution in [0.15, 0.2) is 36.4 Å². The smallest absolute Gasteiger partial charge is 0.128 e. The molecule has 6 heteroatoms. The van der Waals surface area contributed by atoms with Crippen molar-refractivity contribution < 1.29 is 18.3 Å². The lowest BCUT2D eigenvalue weighted by atomic mass is 9.96. The maximum atomic E-state index is 14.0. The molecule has 112 valence electrons. The molecule has 0 spiro atoms. The number of nitrogens with one attached hydrogen (secondary N) is 1. The fourth-order valence-electron chi connectivity index (χ4n) is 2.23. The normalized spacial score (nSPS) is 12.0. The lowest BCUT2D eigenvalue weighted by Gasteiger charge is -2.22. The van der Waals surface area contributed by atoms with E-state index in [0.29, 0.717) is 17.1 Å². The number of methoxy groups -OCH3 is 2. The third kappa shape index (κ3) is 2.96. The van der Waals surface area contributed by atoms with Crippen LogP contribution in [-0.2, 0) is 0 Å². The SMILES string of the molecule is COc1cccc(OC)c1C(NN)c1cc(F)ccc1F. The summed E-state index contributed by atoms with van der Waals surface area (Å²) in [6.45, 7) is 0. The molecule has 0 aliphatic rings. The lowest BCUT2D eigenvalue weighted by molar-refractivity contribution is 0.376. The zero-order valence-electron chi connectivity index (χ0n) is 11.7. The van der Waals surface area contributed by atoms with E-state index < -0.39 is 17.7 Å². The second kappa shape index (κ2) is 6.51. The minimum absolute atomic E-state index is 0.0697. The van der Waals surface area contributed by atoms with Crippen LogP contribution in [0.3, 0.4) is 0 Å². The van der Waals surface area contributed by atoms with Crippen molar-refractivity contribution in [3.63, 3.8) is 0 Å². The molecule has 0 aliphatic carbocycles. The summed E-state index contributed by atoms with van der Waals surface area (Å²) >= 11 is 0. The first-order valence-electron chi connectivity index (χ1n) is 6.24. The van der Waals surface area contributed by atoms with E-state index >= 15 is 0 Å². The molecule has 2 rings (SSSR count). The summed E-state index contributed by atoms with van der Waals surface area (Å²) in [6, 6.07) is 7.50. The molecule has 1 unspecified atom stereocenters. The van der Waals surface area contributed by atoms with Crippen LogP contribution in [-0.4, -0.2) is 14.2 Å². The summed E-state index contributed by atoms with van der Waals surface area (Å²) in [7, 11) is 2.96. The standard InChI is InChI=1S/C15H16F2N2O2/c1-20-12-4-3-5-13(21-2)14(12)15(19-18)10-8-9(16)6-7-11(10)17/h3-8,15,19H,18H2,1-2H3. The number of hydrogen-bond donors (Lipinski definition) is 2. The summed E-state index contributed by atoms with van der Waals surface area (Å²) in [5.41, 5.74) is 3.05. The van der Waals surface area contributed by atoms with Crippen LogP contribution in [0.25, 0.3) is 0 Å². The Morgan fingerprint density at radius 3 is 2.19 bits per heavy atom. The highest BCUT2D eigenvalue weighted by atomic mass is 19.1. The average Bonchev–Trinajstić information content (AvgIpc) is 2.51. The van der Waals surface area contributed by atoms with Crippen molar-refractivity contribution >= 4 is 0 Å². The maximum Gasteiger partial charge on any atom is 0.128 e. The van der Waals surface area contributed by atoms with Gasteiger partial charge >= 0.3 is 0 Å². The molecule has 21 heavy (non-hydrogen) atoms. The molecule has 0 saturated heterocycles. The molecule has 2 aromatic carbocycles. The zero-order chi connectivity index (χ0) is 15.4. The van der Waals surface area contributed by atoms with Gasteiger partial charge in [0.25, 0.3) is 0 Å². The quantitative estimate of drug-likeness (QED) is 0.657. The van der Waals surface area contributed by atoms with Gasteiger partial charge in [0.1, 0.15) is 23.1 Å². The van der Waals surface area contributed by atoms with E-state index in [-0.39, 0.29) is 5.56 Å². The molecule has 3 N–H and O–H groups in total. The van der Waals surface area contributed by atoms with E-state index in [9.17, 15) is 8.78 Å². The highest BCUT2D eigenvalue weighted by Crippen LogP contribution is 2.37. The van der Waals surface area contributed by atoms with E-state index in [0.717, 1.165) is 18.2 Å². The van der Waals surface area contributed by atoms with Crippen LogP contribution in [0.4, 0.5) is 8.78 Å². The second-order valence-electron chi connectivity index (χ2n) is 4.34. The largest absolute Gasteiger partial charge is 0.496 e. The van der Waals surface area contributed by atoms with Gasteiger partial charge in [0.2, 0.25) is 0 Å². The molecule has 1 atom stereocenters. The number of hydrazine groups is 1. The van der Waals surface area contributed by atoms with Crippen molar-refractivity contribution in [2.24, 2.45) is 5.84 Å². The van der Waals surface area contributed by atoms with Gasteiger partial charge in [-0.3, -0.25) is 5.84 Å². The fourth-order valence-corrected chi connectivity index (χ4v) is 2.23. The molecule has 4 nitrogen and oxygen atoms in total. The van der Waals surface area contributed by atoms with Crippen molar-refractivity contribution in [1.82, 2.24) is 5.43 Å². The predicted molar refractivity (Wildman–Crippen MR) is 75.1 cm³/mol. The summed E-state index contributed by atoms with van der Waals surface area (Å²) in [5, 5.41) is 0. The van der Waals surface area contributed by atoms with Crippen molar-refractivity contribution in [3.05, 3.63) is 59.2 Å². The summed E-state index contributed by atoms with van der Waals surface area (Å²) < 4.78 is 38.0. The Bertz CT molecular complexity index is 613. The Morgan fingerprint density at radius 1 is 1.05 bits per heavy atom. The highest BCUT2D eigenvalue weighted by molar-refractivity contribution is 5.50. The number of halogens is 2. The molecule has 0 bridgehead atoms. The van der Waals surface area contributed by atoms with Crippen LogP contribution in [0.1, 0.15) is 17.2 Å². The molecule has 0 aromatic heterocycles. The minimum atomic E-state index is -0.813. The molecule has 0 heterocycles. The van der Waals surface area contributed by atoms with Gasteiger partial charge < -0.3 is 9.47 Å². The third-order valence-electron chi connectivity index (χ3n) is 3.19. The Morgan fingerprint density at radius 2 is 1.67 bits per heavy atom. The molecule has 0 aliphatic heterocycles. The molecular weight excluding hydrogens is 278 g/mol.